The number of aromatic nitrogens is 4. The number of hydrogen-bond acceptors (Lipinski definition) is 4. The van der Waals surface area contributed by atoms with Gasteiger partial charge in [-0.15, -0.1) is 5.10 Å². The summed E-state index contributed by atoms with van der Waals surface area (Å²) in [5.41, 5.74) is 3.13. The van der Waals surface area contributed by atoms with Gasteiger partial charge in [-0.3, -0.25) is 4.21 Å². The lowest BCUT2D eigenvalue weighted by Gasteiger charge is -2.05. The summed E-state index contributed by atoms with van der Waals surface area (Å²) < 4.78 is 14.0. The predicted molar refractivity (Wildman–Crippen MR) is 85.9 cm³/mol. The highest BCUT2D eigenvalue weighted by atomic mass is 32.2. The van der Waals surface area contributed by atoms with Gasteiger partial charge in [0.2, 0.25) is 0 Å². The molecule has 112 valence electrons. The zero-order valence-electron chi connectivity index (χ0n) is 12.2. The fourth-order valence-electron chi connectivity index (χ4n) is 2.13. The summed E-state index contributed by atoms with van der Waals surface area (Å²) in [4.78, 5) is 0. The fourth-order valence-corrected chi connectivity index (χ4v) is 3.26. The van der Waals surface area contributed by atoms with Crippen LogP contribution in [0.15, 0.2) is 54.6 Å². The molecule has 0 saturated carbocycles. The molecule has 0 radical (unpaired) electrons. The molecule has 1 heterocycles. The smallest absolute Gasteiger partial charge is 0.169 e. The first-order chi connectivity index (χ1) is 10.7. The largest absolute Gasteiger partial charge is 0.259 e. The van der Waals surface area contributed by atoms with Gasteiger partial charge in [-0.05, 0) is 35.0 Å². The molecule has 0 aliphatic rings. The van der Waals surface area contributed by atoms with Gasteiger partial charge in [-0.2, -0.15) is 4.68 Å². The van der Waals surface area contributed by atoms with Crippen molar-refractivity contribution in [3.63, 3.8) is 0 Å². The van der Waals surface area contributed by atoms with E-state index < -0.39 is 10.8 Å². The summed E-state index contributed by atoms with van der Waals surface area (Å²) in [5, 5.41) is 11.7. The van der Waals surface area contributed by atoms with E-state index in [1.54, 1.807) is 4.68 Å². The van der Waals surface area contributed by atoms with Crippen LogP contribution >= 0.6 is 0 Å². The van der Waals surface area contributed by atoms with E-state index in [9.17, 15) is 4.21 Å². The third-order valence-electron chi connectivity index (χ3n) is 3.27. The zero-order valence-corrected chi connectivity index (χ0v) is 13.0. The molecule has 22 heavy (non-hydrogen) atoms. The van der Waals surface area contributed by atoms with Crippen molar-refractivity contribution in [1.82, 2.24) is 20.2 Å². The molecule has 1 atom stereocenters. The average Bonchev–Trinajstić information content (AvgIpc) is 2.98. The third kappa shape index (κ3) is 3.46. The maximum Gasteiger partial charge on any atom is 0.169 e. The van der Waals surface area contributed by atoms with Crippen LogP contribution in [0, 0.1) is 6.92 Å². The van der Waals surface area contributed by atoms with Crippen molar-refractivity contribution in [2.45, 2.75) is 18.4 Å². The molecule has 1 unspecified atom stereocenters. The molecule has 0 saturated heterocycles. The van der Waals surface area contributed by atoms with Crippen LogP contribution in [-0.2, 0) is 22.3 Å². The first kappa shape index (κ1) is 14.6. The molecule has 0 aliphatic heterocycles. The lowest BCUT2D eigenvalue weighted by molar-refractivity contribution is 0.679. The molecule has 0 aliphatic carbocycles. The first-order valence-corrected chi connectivity index (χ1v) is 8.44. The highest BCUT2D eigenvalue weighted by Crippen LogP contribution is 2.11. The van der Waals surface area contributed by atoms with Gasteiger partial charge in [0.05, 0.1) is 11.4 Å². The standard InChI is InChI=1S/C16H16N4OS/c1-13-7-9-14(10-8-13)11-22(21)12-16-17-18-19-20(16)15-5-3-2-4-6-15/h2-10H,11-12H2,1H3. The predicted octanol–water partition coefficient (Wildman–Crippen LogP) is 2.42. The molecule has 3 aromatic rings. The van der Waals surface area contributed by atoms with E-state index in [-0.39, 0.29) is 0 Å². The van der Waals surface area contributed by atoms with Crippen molar-refractivity contribution in [3.05, 3.63) is 71.5 Å². The van der Waals surface area contributed by atoms with Gasteiger partial charge in [0, 0.05) is 16.6 Å². The second-order valence-electron chi connectivity index (χ2n) is 5.06. The maximum atomic E-state index is 12.4. The maximum absolute atomic E-state index is 12.4. The quantitative estimate of drug-likeness (QED) is 0.726. The number of para-hydroxylation sites is 1. The Morgan fingerprint density at radius 1 is 1.00 bits per heavy atom. The Kier molecular flexibility index (Phi) is 4.39. The summed E-state index contributed by atoms with van der Waals surface area (Å²) in [6, 6.07) is 17.7. The Hall–Kier alpha value is -2.34. The van der Waals surface area contributed by atoms with Crippen molar-refractivity contribution in [1.29, 1.82) is 0 Å². The Morgan fingerprint density at radius 2 is 1.73 bits per heavy atom. The van der Waals surface area contributed by atoms with Gasteiger partial charge in [0.15, 0.2) is 5.82 Å². The van der Waals surface area contributed by atoms with Gasteiger partial charge in [0.1, 0.15) is 0 Å². The molecule has 0 amide bonds. The van der Waals surface area contributed by atoms with E-state index >= 15 is 0 Å². The minimum Gasteiger partial charge on any atom is -0.259 e. The van der Waals surface area contributed by atoms with Crippen LogP contribution in [-0.4, -0.2) is 24.4 Å². The average molecular weight is 312 g/mol. The van der Waals surface area contributed by atoms with E-state index in [1.165, 1.54) is 5.56 Å². The summed E-state index contributed by atoms with van der Waals surface area (Å²) in [6.45, 7) is 2.04. The van der Waals surface area contributed by atoms with Crippen molar-refractivity contribution < 1.29 is 4.21 Å². The lowest BCUT2D eigenvalue weighted by atomic mass is 10.2. The first-order valence-electron chi connectivity index (χ1n) is 6.95. The van der Waals surface area contributed by atoms with Crippen LogP contribution in [0.1, 0.15) is 17.0 Å². The van der Waals surface area contributed by atoms with Crippen LogP contribution in [0.25, 0.3) is 5.69 Å². The van der Waals surface area contributed by atoms with Gasteiger partial charge >= 0.3 is 0 Å². The number of hydrogen-bond donors (Lipinski definition) is 0. The highest BCUT2D eigenvalue weighted by Gasteiger charge is 2.12. The van der Waals surface area contributed by atoms with Gasteiger partial charge in [-0.25, -0.2) is 0 Å². The molecular weight excluding hydrogens is 296 g/mol. The Balaban J connectivity index is 1.73. The Morgan fingerprint density at radius 3 is 2.45 bits per heavy atom. The van der Waals surface area contributed by atoms with E-state index in [2.05, 4.69) is 15.5 Å². The second kappa shape index (κ2) is 6.62. The van der Waals surface area contributed by atoms with Crippen molar-refractivity contribution in [3.8, 4) is 5.69 Å². The molecule has 1 aromatic heterocycles. The minimum atomic E-state index is -1.05. The summed E-state index contributed by atoms with van der Waals surface area (Å²) in [6.07, 6.45) is 0. The molecule has 0 spiro atoms. The molecular formula is C16H16N4OS. The van der Waals surface area contributed by atoms with Crippen LogP contribution < -0.4 is 0 Å². The van der Waals surface area contributed by atoms with E-state index in [4.69, 9.17) is 0 Å². The number of tetrazole rings is 1. The van der Waals surface area contributed by atoms with Crippen molar-refractivity contribution >= 4 is 10.8 Å². The van der Waals surface area contributed by atoms with Gasteiger partial charge in [-0.1, -0.05) is 48.0 Å². The van der Waals surface area contributed by atoms with Crippen LogP contribution in [0.4, 0.5) is 0 Å². The molecule has 3 rings (SSSR count). The molecule has 5 nitrogen and oxygen atoms in total. The number of benzene rings is 2. The zero-order chi connectivity index (χ0) is 15.4. The monoisotopic (exact) mass is 312 g/mol. The van der Waals surface area contributed by atoms with E-state index in [1.807, 2.05) is 61.5 Å². The van der Waals surface area contributed by atoms with E-state index in [0.29, 0.717) is 17.3 Å². The molecule has 6 heteroatoms. The Bertz CT molecular complexity index is 768. The number of rotatable bonds is 5. The summed E-state index contributed by atoms with van der Waals surface area (Å²) in [5.74, 6) is 1.44. The third-order valence-corrected chi connectivity index (χ3v) is 4.51. The van der Waals surface area contributed by atoms with Crippen LogP contribution in [0.5, 0.6) is 0 Å². The molecule has 0 bridgehead atoms. The van der Waals surface area contributed by atoms with E-state index in [0.717, 1.165) is 11.3 Å². The molecule has 2 aromatic carbocycles. The number of aryl methyl sites for hydroxylation is 1. The van der Waals surface area contributed by atoms with Gasteiger partial charge < -0.3 is 0 Å². The van der Waals surface area contributed by atoms with Crippen molar-refractivity contribution in [2.75, 3.05) is 0 Å². The normalized spacial score (nSPS) is 12.2. The molecule has 0 fully saturated rings. The topological polar surface area (TPSA) is 60.7 Å². The second-order valence-corrected chi connectivity index (χ2v) is 6.51. The molecule has 0 N–H and O–H groups in total. The van der Waals surface area contributed by atoms with Crippen LogP contribution in [0.3, 0.4) is 0 Å². The number of nitrogens with zero attached hydrogens (tertiary/aromatic N) is 4. The van der Waals surface area contributed by atoms with Crippen LogP contribution in [0.2, 0.25) is 0 Å². The fraction of sp³-hybridized carbons (Fsp3) is 0.188. The minimum absolute atomic E-state index is 0.329. The summed E-state index contributed by atoms with van der Waals surface area (Å²) in [7, 11) is -1.05. The lowest BCUT2D eigenvalue weighted by Crippen LogP contribution is -2.07. The summed E-state index contributed by atoms with van der Waals surface area (Å²) >= 11 is 0. The van der Waals surface area contributed by atoms with Gasteiger partial charge in [0.25, 0.3) is 0 Å². The van der Waals surface area contributed by atoms with Crippen molar-refractivity contribution in [2.24, 2.45) is 0 Å². The SMILES string of the molecule is Cc1ccc(CS(=O)Cc2nnnn2-c2ccccc2)cc1. The Labute approximate surface area is 131 Å². The highest BCUT2D eigenvalue weighted by molar-refractivity contribution is 7.83.